The third-order valence-corrected chi connectivity index (χ3v) is 5.08. The summed E-state index contributed by atoms with van der Waals surface area (Å²) < 4.78 is 16.7. The summed E-state index contributed by atoms with van der Waals surface area (Å²) in [5.41, 5.74) is 2.36. The predicted molar refractivity (Wildman–Crippen MR) is 114 cm³/mol. The maximum atomic E-state index is 13.0. The molecule has 0 atom stereocenters. The molecule has 0 spiro atoms. The van der Waals surface area contributed by atoms with Crippen molar-refractivity contribution in [1.29, 1.82) is 0 Å². The average molecular weight is 423 g/mol. The summed E-state index contributed by atoms with van der Waals surface area (Å²) in [6.45, 7) is 2.11. The van der Waals surface area contributed by atoms with Crippen LogP contribution in [0.25, 0.3) is 11.0 Å². The number of furan rings is 1. The van der Waals surface area contributed by atoms with Gasteiger partial charge in [0.15, 0.2) is 11.3 Å². The van der Waals surface area contributed by atoms with Gasteiger partial charge in [0.05, 0.1) is 25.6 Å². The maximum absolute atomic E-state index is 13.0. The zero-order chi connectivity index (χ0) is 21.1. The van der Waals surface area contributed by atoms with Gasteiger partial charge in [-0.1, -0.05) is 29.8 Å². The van der Waals surface area contributed by atoms with Gasteiger partial charge in [-0.05, 0) is 48.9 Å². The molecule has 1 N–H and O–H groups in total. The van der Waals surface area contributed by atoms with Crippen LogP contribution in [-0.2, 0) is 6.54 Å². The Kier molecular flexibility index (Phi) is 5.59. The van der Waals surface area contributed by atoms with Crippen LogP contribution < -0.4 is 15.6 Å². The molecule has 4 rings (SSSR count). The molecule has 0 saturated heterocycles. The number of benzene rings is 2. The Bertz CT molecular complexity index is 1280. The van der Waals surface area contributed by atoms with Gasteiger partial charge < -0.3 is 18.9 Å². The molecule has 152 valence electrons. The van der Waals surface area contributed by atoms with Gasteiger partial charge in [0.25, 0.3) is 5.91 Å². The second kappa shape index (κ2) is 8.47. The molecule has 2 aromatic carbocycles. The van der Waals surface area contributed by atoms with E-state index in [1.54, 1.807) is 49.8 Å². The molecule has 1 amide bonds. The highest BCUT2D eigenvalue weighted by molar-refractivity contribution is 6.31. The summed E-state index contributed by atoms with van der Waals surface area (Å²) in [5, 5.41) is 4.14. The van der Waals surface area contributed by atoms with E-state index in [0.29, 0.717) is 33.4 Å². The zero-order valence-electron chi connectivity index (χ0n) is 16.4. The van der Waals surface area contributed by atoms with Crippen LogP contribution in [0.5, 0.6) is 5.75 Å². The van der Waals surface area contributed by atoms with E-state index >= 15 is 0 Å². The highest BCUT2D eigenvalue weighted by Crippen LogP contribution is 2.27. The number of halogens is 1. The largest absolute Gasteiger partial charge is 0.493 e. The van der Waals surface area contributed by atoms with Gasteiger partial charge in [0.2, 0.25) is 5.55 Å². The van der Waals surface area contributed by atoms with E-state index in [-0.39, 0.29) is 18.0 Å². The Balaban J connectivity index is 1.86. The first-order valence-electron chi connectivity index (χ1n) is 9.28. The molecule has 0 radical (unpaired) electrons. The number of carbonyl (C=O) groups is 1. The molecule has 4 aromatic rings. The number of carbonyl (C=O) groups excluding carboxylic acids is 1. The molecule has 0 aliphatic rings. The van der Waals surface area contributed by atoms with E-state index in [1.165, 1.54) is 0 Å². The minimum atomic E-state index is -0.335. The summed E-state index contributed by atoms with van der Waals surface area (Å²) in [6, 6.07) is 16.2. The SMILES string of the molecule is COc1cccc2cc(C(=O)NCc3ccco3)c(=Nc3cccc(Cl)c3C)oc12. The van der Waals surface area contributed by atoms with Crippen LogP contribution in [0.4, 0.5) is 5.69 Å². The first kappa shape index (κ1) is 19.8. The lowest BCUT2D eigenvalue weighted by molar-refractivity contribution is 0.0944. The smallest absolute Gasteiger partial charge is 0.257 e. The van der Waals surface area contributed by atoms with Crippen LogP contribution in [0, 0.1) is 6.92 Å². The molecular weight excluding hydrogens is 404 g/mol. The quantitative estimate of drug-likeness (QED) is 0.482. The van der Waals surface area contributed by atoms with Crippen molar-refractivity contribution in [3.05, 3.63) is 88.3 Å². The summed E-state index contributed by atoms with van der Waals surface area (Å²) in [4.78, 5) is 17.6. The molecule has 0 saturated carbocycles. The van der Waals surface area contributed by atoms with Gasteiger partial charge >= 0.3 is 0 Å². The second-order valence-electron chi connectivity index (χ2n) is 6.60. The molecule has 0 aliphatic heterocycles. The second-order valence-corrected chi connectivity index (χ2v) is 7.01. The molecule has 2 aromatic heterocycles. The fourth-order valence-electron chi connectivity index (χ4n) is 3.03. The molecule has 6 nitrogen and oxygen atoms in total. The minimum Gasteiger partial charge on any atom is -0.493 e. The first-order valence-corrected chi connectivity index (χ1v) is 9.66. The van der Waals surface area contributed by atoms with Crippen molar-refractivity contribution < 1.29 is 18.4 Å². The van der Waals surface area contributed by atoms with E-state index in [1.807, 2.05) is 25.1 Å². The monoisotopic (exact) mass is 422 g/mol. The summed E-state index contributed by atoms with van der Waals surface area (Å²) in [7, 11) is 1.56. The number of fused-ring (bicyclic) bond motifs is 1. The Morgan fingerprint density at radius 2 is 2.00 bits per heavy atom. The van der Waals surface area contributed by atoms with Gasteiger partial charge in [-0.3, -0.25) is 4.79 Å². The van der Waals surface area contributed by atoms with E-state index in [0.717, 1.165) is 10.9 Å². The van der Waals surface area contributed by atoms with Gasteiger partial charge in [-0.15, -0.1) is 0 Å². The lowest BCUT2D eigenvalue weighted by Crippen LogP contribution is -2.28. The molecule has 0 bridgehead atoms. The number of para-hydroxylation sites is 1. The number of rotatable bonds is 5. The molecular formula is C23H19ClN2O4. The molecule has 0 aliphatic carbocycles. The summed E-state index contributed by atoms with van der Waals surface area (Å²) in [6.07, 6.45) is 1.56. The fraction of sp³-hybridized carbons (Fsp3) is 0.130. The lowest BCUT2D eigenvalue weighted by atomic mass is 10.1. The highest BCUT2D eigenvalue weighted by atomic mass is 35.5. The van der Waals surface area contributed by atoms with Crippen LogP contribution >= 0.6 is 11.6 Å². The van der Waals surface area contributed by atoms with E-state index in [9.17, 15) is 4.79 Å². The Morgan fingerprint density at radius 3 is 2.77 bits per heavy atom. The van der Waals surface area contributed by atoms with E-state index in [2.05, 4.69) is 10.3 Å². The lowest BCUT2D eigenvalue weighted by Gasteiger charge is -2.09. The van der Waals surface area contributed by atoms with Crippen molar-refractivity contribution in [2.24, 2.45) is 4.99 Å². The molecule has 7 heteroatoms. The topological polar surface area (TPSA) is 77.0 Å². The normalized spacial score (nSPS) is 11.6. The van der Waals surface area contributed by atoms with E-state index < -0.39 is 0 Å². The van der Waals surface area contributed by atoms with Gasteiger partial charge in [-0.25, -0.2) is 4.99 Å². The average Bonchev–Trinajstić information content (AvgIpc) is 3.28. The van der Waals surface area contributed by atoms with Crippen molar-refractivity contribution in [1.82, 2.24) is 5.32 Å². The van der Waals surface area contributed by atoms with Crippen molar-refractivity contribution in [3.63, 3.8) is 0 Å². The Hall–Kier alpha value is -3.51. The highest BCUT2D eigenvalue weighted by Gasteiger charge is 2.15. The molecule has 30 heavy (non-hydrogen) atoms. The number of nitrogens with one attached hydrogen (secondary N) is 1. The Labute approximate surface area is 177 Å². The number of methoxy groups -OCH3 is 1. The van der Waals surface area contributed by atoms with Crippen molar-refractivity contribution in [2.45, 2.75) is 13.5 Å². The zero-order valence-corrected chi connectivity index (χ0v) is 17.2. The number of amides is 1. The number of ether oxygens (including phenoxy) is 1. The van der Waals surface area contributed by atoms with Crippen molar-refractivity contribution >= 4 is 34.2 Å². The maximum Gasteiger partial charge on any atom is 0.257 e. The van der Waals surface area contributed by atoms with Gasteiger partial charge in [0, 0.05) is 10.4 Å². The third kappa shape index (κ3) is 3.95. The van der Waals surface area contributed by atoms with Gasteiger partial charge in [0.1, 0.15) is 11.3 Å². The van der Waals surface area contributed by atoms with Crippen LogP contribution in [0.3, 0.4) is 0 Å². The van der Waals surface area contributed by atoms with Crippen LogP contribution in [0.2, 0.25) is 5.02 Å². The molecule has 2 heterocycles. The summed E-state index contributed by atoms with van der Waals surface area (Å²) in [5.74, 6) is 0.861. The van der Waals surface area contributed by atoms with E-state index in [4.69, 9.17) is 25.2 Å². The standard InChI is InChI=1S/C23H19ClN2O4/c1-14-18(24)8-4-9-19(14)26-23-17(22(27)25-13-16-7-5-11-29-16)12-15-6-3-10-20(28-2)21(15)30-23/h3-12H,13H2,1-2H3,(H,25,27). The number of hydrogen-bond donors (Lipinski definition) is 1. The minimum absolute atomic E-state index is 0.161. The number of nitrogens with zero attached hydrogens (tertiary/aromatic N) is 1. The first-order chi connectivity index (χ1) is 14.6. The molecule has 0 unspecified atom stereocenters. The third-order valence-electron chi connectivity index (χ3n) is 4.67. The van der Waals surface area contributed by atoms with Crippen LogP contribution in [0.1, 0.15) is 21.7 Å². The van der Waals surface area contributed by atoms with Crippen molar-refractivity contribution in [2.75, 3.05) is 7.11 Å². The summed E-state index contributed by atoms with van der Waals surface area (Å²) >= 11 is 6.23. The predicted octanol–water partition coefficient (Wildman–Crippen LogP) is 5.16. The Morgan fingerprint density at radius 1 is 1.17 bits per heavy atom. The number of hydrogen-bond acceptors (Lipinski definition) is 5. The van der Waals surface area contributed by atoms with Crippen LogP contribution in [-0.4, -0.2) is 13.0 Å². The van der Waals surface area contributed by atoms with Gasteiger partial charge in [-0.2, -0.15) is 0 Å². The fourth-order valence-corrected chi connectivity index (χ4v) is 3.20. The van der Waals surface area contributed by atoms with Crippen LogP contribution in [0.15, 0.2) is 74.7 Å². The van der Waals surface area contributed by atoms with Crippen molar-refractivity contribution in [3.8, 4) is 5.75 Å². The molecule has 0 fully saturated rings.